The van der Waals surface area contributed by atoms with Crippen molar-refractivity contribution in [3.8, 4) is 0 Å². The van der Waals surface area contributed by atoms with E-state index in [9.17, 15) is 0 Å². The molecule has 5 heteroatoms. The number of aromatic nitrogens is 2. The molecule has 1 heterocycles. The number of hydrogen-bond donors (Lipinski definition) is 2. The van der Waals surface area contributed by atoms with Gasteiger partial charge in [-0.25, -0.2) is 0 Å². The molecule has 0 saturated heterocycles. The predicted octanol–water partition coefficient (Wildman–Crippen LogP) is 1.59. The molecule has 0 aliphatic carbocycles. The summed E-state index contributed by atoms with van der Waals surface area (Å²) in [5, 5.41) is 10.7. The number of rotatable bonds is 4. The highest BCUT2D eigenvalue weighted by molar-refractivity contribution is 5.79. The minimum atomic E-state index is 0.710. The molecule has 106 valence electrons. The lowest BCUT2D eigenvalue weighted by Crippen LogP contribution is -2.36. The van der Waals surface area contributed by atoms with Gasteiger partial charge >= 0.3 is 0 Å². The fourth-order valence-corrected chi connectivity index (χ4v) is 1.86. The first-order valence-corrected chi connectivity index (χ1v) is 6.65. The highest BCUT2D eigenvalue weighted by atomic mass is 15.2. The molecule has 0 radical (unpaired) electrons. The lowest BCUT2D eigenvalue weighted by atomic mass is 10.1. The molecule has 2 N–H and O–H groups in total. The van der Waals surface area contributed by atoms with Gasteiger partial charge in [-0.15, -0.1) is 0 Å². The van der Waals surface area contributed by atoms with Gasteiger partial charge in [0.2, 0.25) is 0 Å². The Labute approximate surface area is 119 Å². The molecule has 1 aromatic carbocycles. The zero-order valence-corrected chi connectivity index (χ0v) is 12.2. The van der Waals surface area contributed by atoms with Crippen LogP contribution in [0.15, 0.2) is 41.7 Å². The number of benzene rings is 1. The van der Waals surface area contributed by atoms with Crippen molar-refractivity contribution in [3.63, 3.8) is 0 Å². The van der Waals surface area contributed by atoms with E-state index in [1.54, 1.807) is 11.7 Å². The smallest absolute Gasteiger partial charge is 0.191 e. The fourth-order valence-electron chi connectivity index (χ4n) is 1.86. The van der Waals surface area contributed by atoms with Gasteiger partial charge in [0.1, 0.15) is 0 Å². The van der Waals surface area contributed by atoms with Crippen molar-refractivity contribution in [2.24, 2.45) is 12.0 Å². The third kappa shape index (κ3) is 4.12. The van der Waals surface area contributed by atoms with Gasteiger partial charge in [0.05, 0.1) is 6.20 Å². The Morgan fingerprint density at radius 3 is 2.35 bits per heavy atom. The molecule has 0 atom stereocenters. The zero-order valence-electron chi connectivity index (χ0n) is 12.2. The maximum atomic E-state index is 4.21. The van der Waals surface area contributed by atoms with Crippen LogP contribution in [-0.2, 0) is 20.1 Å². The summed E-state index contributed by atoms with van der Waals surface area (Å²) in [4.78, 5) is 4.21. The van der Waals surface area contributed by atoms with Crippen LogP contribution in [0.4, 0.5) is 0 Å². The van der Waals surface area contributed by atoms with Gasteiger partial charge in [-0.2, -0.15) is 5.10 Å². The van der Waals surface area contributed by atoms with Crippen molar-refractivity contribution in [2.75, 3.05) is 7.05 Å². The fraction of sp³-hybridized carbons (Fsp3) is 0.333. The van der Waals surface area contributed by atoms with Crippen molar-refractivity contribution in [1.29, 1.82) is 0 Å². The second kappa shape index (κ2) is 6.75. The Hall–Kier alpha value is -2.30. The van der Waals surface area contributed by atoms with Crippen LogP contribution >= 0.6 is 0 Å². The molecule has 1 aromatic heterocycles. The third-order valence-corrected chi connectivity index (χ3v) is 3.02. The number of guanidine groups is 1. The molecular formula is C15H21N5. The summed E-state index contributed by atoms with van der Waals surface area (Å²) in [7, 11) is 3.68. The standard InChI is InChI=1S/C15H21N5/c1-12-4-6-13(7-5-12)8-17-15(16-2)18-9-14-10-19-20(3)11-14/h4-7,10-11H,8-9H2,1-3H3,(H2,16,17,18). The highest BCUT2D eigenvalue weighted by Crippen LogP contribution is 2.02. The van der Waals surface area contributed by atoms with E-state index in [2.05, 4.69) is 51.9 Å². The average Bonchev–Trinajstić information content (AvgIpc) is 2.87. The molecule has 5 nitrogen and oxygen atoms in total. The Morgan fingerprint density at radius 2 is 1.80 bits per heavy atom. The lowest BCUT2D eigenvalue weighted by molar-refractivity contribution is 0.765. The SMILES string of the molecule is CN=C(NCc1ccc(C)cc1)NCc1cnn(C)c1. The summed E-state index contributed by atoms with van der Waals surface area (Å²) < 4.78 is 1.79. The van der Waals surface area contributed by atoms with Crippen molar-refractivity contribution < 1.29 is 0 Å². The maximum absolute atomic E-state index is 4.21. The summed E-state index contributed by atoms with van der Waals surface area (Å²) >= 11 is 0. The van der Waals surface area contributed by atoms with Gasteiger partial charge in [0.15, 0.2) is 5.96 Å². The van der Waals surface area contributed by atoms with Crippen LogP contribution in [0.2, 0.25) is 0 Å². The highest BCUT2D eigenvalue weighted by Gasteiger charge is 2.00. The molecule has 2 aromatic rings. The van der Waals surface area contributed by atoms with E-state index in [4.69, 9.17) is 0 Å². The van der Waals surface area contributed by atoms with Crippen molar-refractivity contribution in [2.45, 2.75) is 20.0 Å². The number of hydrogen-bond acceptors (Lipinski definition) is 2. The molecule has 20 heavy (non-hydrogen) atoms. The summed E-state index contributed by atoms with van der Waals surface area (Å²) in [5.41, 5.74) is 3.64. The Kier molecular flexibility index (Phi) is 4.76. The van der Waals surface area contributed by atoms with Crippen LogP contribution in [0, 0.1) is 6.92 Å². The molecule has 0 fully saturated rings. The normalized spacial score (nSPS) is 11.4. The number of nitrogens with zero attached hydrogens (tertiary/aromatic N) is 3. The van der Waals surface area contributed by atoms with Crippen molar-refractivity contribution in [1.82, 2.24) is 20.4 Å². The van der Waals surface area contributed by atoms with Gasteiger partial charge in [-0.05, 0) is 12.5 Å². The molecule has 0 saturated carbocycles. The average molecular weight is 271 g/mol. The van der Waals surface area contributed by atoms with Gasteiger partial charge in [0.25, 0.3) is 0 Å². The van der Waals surface area contributed by atoms with Gasteiger partial charge in [-0.3, -0.25) is 9.67 Å². The Bertz CT molecular complexity index is 568. The monoisotopic (exact) mass is 271 g/mol. The van der Waals surface area contributed by atoms with E-state index in [0.717, 1.165) is 18.1 Å². The minimum absolute atomic E-state index is 0.710. The third-order valence-electron chi connectivity index (χ3n) is 3.02. The van der Waals surface area contributed by atoms with E-state index in [-0.39, 0.29) is 0 Å². The van der Waals surface area contributed by atoms with E-state index in [1.807, 2.05) is 19.4 Å². The van der Waals surface area contributed by atoms with Crippen LogP contribution in [0.5, 0.6) is 0 Å². The number of aryl methyl sites for hydroxylation is 2. The summed E-state index contributed by atoms with van der Waals surface area (Å²) in [6.07, 6.45) is 3.83. The summed E-state index contributed by atoms with van der Waals surface area (Å²) in [6.45, 7) is 3.56. The first kappa shape index (κ1) is 14.1. The van der Waals surface area contributed by atoms with Crippen LogP contribution in [0.3, 0.4) is 0 Å². The van der Waals surface area contributed by atoms with Crippen LogP contribution in [0.1, 0.15) is 16.7 Å². The largest absolute Gasteiger partial charge is 0.352 e. The van der Waals surface area contributed by atoms with Crippen LogP contribution in [0.25, 0.3) is 0 Å². The first-order valence-electron chi connectivity index (χ1n) is 6.65. The molecule has 0 unspecified atom stereocenters. The van der Waals surface area contributed by atoms with Gasteiger partial charge in [0, 0.05) is 38.9 Å². The van der Waals surface area contributed by atoms with Crippen LogP contribution in [-0.4, -0.2) is 22.8 Å². The second-order valence-corrected chi connectivity index (χ2v) is 4.79. The predicted molar refractivity (Wildman–Crippen MR) is 81.4 cm³/mol. The van der Waals surface area contributed by atoms with E-state index in [1.165, 1.54) is 11.1 Å². The lowest BCUT2D eigenvalue weighted by Gasteiger charge is -2.11. The summed E-state index contributed by atoms with van der Waals surface area (Å²) in [6, 6.07) is 8.47. The molecular weight excluding hydrogens is 250 g/mol. The number of nitrogens with one attached hydrogen (secondary N) is 2. The Balaban J connectivity index is 1.82. The van der Waals surface area contributed by atoms with Crippen molar-refractivity contribution >= 4 is 5.96 Å². The maximum Gasteiger partial charge on any atom is 0.191 e. The number of aliphatic imine (C=N–C) groups is 1. The quantitative estimate of drug-likeness (QED) is 0.656. The molecule has 2 rings (SSSR count). The molecule has 0 aliphatic rings. The molecule has 0 aliphatic heterocycles. The second-order valence-electron chi connectivity index (χ2n) is 4.79. The minimum Gasteiger partial charge on any atom is -0.352 e. The van der Waals surface area contributed by atoms with Gasteiger partial charge in [-0.1, -0.05) is 29.8 Å². The zero-order chi connectivity index (χ0) is 14.4. The van der Waals surface area contributed by atoms with E-state index < -0.39 is 0 Å². The molecule has 0 bridgehead atoms. The molecule has 0 spiro atoms. The first-order chi connectivity index (χ1) is 9.67. The van der Waals surface area contributed by atoms with Gasteiger partial charge < -0.3 is 10.6 Å². The van der Waals surface area contributed by atoms with E-state index >= 15 is 0 Å². The topological polar surface area (TPSA) is 54.2 Å². The van der Waals surface area contributed by atoms with Crippen molar-refractivity contribution in [3.05, 3.63) is 53.3 Å². The Morgan fingerprint density at radius 1 is 1.15 bits per heavy atom. The summed E-state index contributed by atoms with van der Waals surface area (Å²) in [5.74, 6) is 0.787. The van der Waals surface area contributed by atoms with E-state index in [0.29, 0.717) is 6.54 Å². The van der Waals surface area contributed by atoms with Crippen LogP contribution < -0.4 is 10.6 Å². The molecule has 0 amide bonds.